The molecule has 0 aromatic carbocycles. The fourth-order valence-corrected chi connectivity index (χ4v) is 2.43. The van der Waals surface area contributed by atoms with Gasteiger partial charge in [0.2, 0.25) is 0 Å². The van der Waals surface area contributed by atoms with Crippen LogP contribution < -0.4 is 11.5 Å². The van der Waals surface area contributed by atoms with E-state index in [0.29, 0.717) is 26.5 Å². The van der Waals surface area contributed by atoms with Gasteiger partial charge in [0.15, 0.2) is 0 Å². The standard InChI is InChI=1S/C10H11N3O2S/c1-4-6(11)3-5-7(12)8(10(14)15-2)16-9(5)13-4/h3H,11-12H2,1-2H3. The number of aryl methyl sites for hydroxylation is 1. The summed E-state index contributed by atoms with van der Waals surface area (Å²) in [6, 6.07) is 1.73. The number of thiophene rings is 1. The first-order valence-electron chi connectivity index (χ1n) is 4.58. The summed E-state index contributed by atoms with van der Waals surface area (Å²) in [5.74, 6) is -0.447. The van der Waals surface area contributed by atoms with Crippen LogP contribution in [0.3, 0.4) is 0 Å². The summed E-state index contributed by atoms with van der Waals surface area (Å²) in [5, 5.41) is 0.702. The normalized spacial score (nSPS) is 10.6. The van der Waals surface area contributed by atoms with Gasteiger partial charge in [-0.1, -0.05) is 0 Å². The average Bonchev–Trinajstić information content (AvgIpc) is 2.56. The molecule has 0 bridgehead atoms. The number of carbonyl (C=O) groups is 1. The molecule has 4 N–H and O–H groups in total. The van der Waals surface area contributed by atoms with E-state index in [2.05, 4.69) is 9.72 Å². The number of rotatable bonds is 1. The van der Waals surface area contributed by atoms with Crippen LogP contribution >= 0.6 is 11.3 Å². The van der Waals surface area contributed by atoms with Crippen LogP contribution in [0.15, 0.2) is 6.07 Å². The molecular weight excluding hydrogens is 226 g/mol. The van der Waals surface area contributed by atoms with Crippen molar-refractivity contribution in [1.29, 1.82) is 0 Å². The Labute approximate surface area is 96.0 Å². The lowest BCUT2D eigenvalue weighted by Crippen LogP contribution is -2.01. The van der Waals surface area contributed by atoms with E-state index < -0.39 is 5.97 Å². The largest absolute Gasteiger partial charge is 0.465 e. The van der Waals surface area contributed by atoms with Gasteiger partial charge in [-0.05, 0) is 13.0 Å². The smallest absolute Gasteiger partial charge is 0.350 e. The van der Waals surface area contributed by atoms with E-state index in [4.69, 9.17) is 11.5 Å². The molecule has 0 spiro atoms. The van der Waals surface area contributed by atoms with Crippen molar-refractivity contribution in [1.82, 2.24) is 4.98 Å². The summed E-state index contributed by atoms with van der Waals surface area (Å²) in [6.45, 7) is 1.81. The Morgan fingerprint density at radius 2 is 2.19 bits per heavy atom. The molecule has 0 aliphatic heterocycles. The number of fused-ring (bicyclic) bond motifs is 1. The Bertz CT molecular complexity index is 577. The molecule has 0 atom stereocenters. The number of methoxy groups -OCH3 is 1. The van der Waals surface area contributed by atoms with Gasteiger partial charge >= 0.3 is 5.97 Å². The van der Waals surface area contributed by atoms with E-state index in [1.807, 2.05) is 6.92 Å². The molecule has 2 rings (SSSR count). The van der Waals surface area contributed by atoms with E-state index in [-0.39, 0.29) is 0 Å². The lowest BCUT2D eigenvalue weighted by Gasteiger charge is -1.99. The van der Waals surface area contributed by atoms with E-state index in [1.54, 1.807) is 6.07 Å². The number of aromatic nitrogens is 1. The number of hydrogen-bond acceptors (Lipinski definition) is 6. The molecule has 0 saturated carbocycles. The molecule has 0 amide bonds. The molecule has 0 radical (unpaired) electrons. The highest BCUT2D eigenvalue weighted by atomic mass is 32.1. The monoisotopic (exact) mass is 237 g/mol. The predicted octanol–water partition coefficient (Wildman–Crippen LogP) is 1.56. The number of esters is 1. The lowest BCUT2D eigenvalue weighted by molar-refractivity contribution is 0.0607. The number of nitrogen functional groups attached to an aromatic ring is 2. The van der Waals surface area contributed by atoms with Gasteiger partial charge in [0.05, 0.1) is 24.2 Å². The second-order valence-corrected chi connectivity index (χ2v) is 4.35. The third-order valence-corrected chi connectivity index (χ3v) is 3.42. The molecule has 2 aromatic heterocycles. The van der Waals surface area contributed by atoms with E-state index in [9.17, 15) is 4.79 Å². The highest BCUT2D eigenvalue weighted by Crippen LogP contribution is 2.34. The van der Waals surface area contributed by atoms with Crippen LogP contribution in [-0.4, -0.2) is 18.1 Å². The van der Waals surface area contributed by atoms with Crippen molar-refractivity contribution >= 4 is 38.9 Å². The first-order chi connectivity index (χ1) is 7.54. The molecule has 16 heavy (non-hydrogen) atoms. The maximum absolute atomic E-state index is 11.4. The van der Waals surface area contributed by atoms with Crippen LogP contribution in [0.25, 0.3) is 10.2 Å². The zero-order valence-corrected chi connectivity index (χ0v) is 9.72. The van der Waals surface area contributed by atoms with Crippen molar-refractivity contribution in [3.8, 4) is 0 Å². The van der Waals surface area contributed by atoms with Gasteiger partial charge in [0.25, 0.3) is 0 Å². The first-order valence-corrected chi connectivity index (χ1v) is 5.39. The van der Waals surface area contributed by atoms with Gasteiger partial charge in [-0.2, -0.15) is 0 Å². The quantitative estimate of drug-likeness (QED) is 0.734. The number of hydrogen-bond donors (Lipinski definition) is 2. The van der Waals surface area contributed by atoms with E-state index in [1.165, 1.54) is 18.4 Å². The molecule has 0 saturated heterocycles. The Morgan fingerprint density at radius 3 is 2.81 bits per heavy atom. The molecule has 0 fully saturated rings. The first kappa shape index (κ1) is 10.7. The zero-order chi connectivity index (χ0) is 11.9. The average molecular weight is 237 g/mol. The summed E-state index contributed by atoms with van der Waals surface area (Å²) in [4.78, 5) is 16.8. The van der Waals surface area contributed by atoms with Crippen LogP contribution in [0, 0.1) is 6.92 Å². The number of carbonyl (C=O) groups excluding carboxylic acids is 1. The lowest BCUT2D eigenvalue weighted by atomic mass is 10.2. The minimum atomic E-state index is -0.447. The second-order valence-electron chi connectivity index (χ2n) is 3.35. The highest BCUT2D eigenvalue weighted by Gasteiger charge is 2.18. The molecule has 6 heteroatoms. The second kappa shape index (κ2) is 3.64. The van der Waals surface area contributed by atoms with Crippen molar-refractivity contribution in [3.05, 3.63) is 16.6 Å². The van der Waals surface area contributed by atoms with Crippen LogP contribution in [0.5, 0.6) is 0 Å². The third-order valence-electron chi connectivity index (χ3n) is 2.32. The van der Waals surface area contributed by atoms with Crippen molar-refractivity contribution in [3.63, 3.8) is 0 Å². The van der Waals surface area contributed by atoms with Crippen LogP contribution in [0.4, 0.5) is 11.4 Å². The Hall–Kier alpha value is -1.82. The minimum absolute atomic E-state index is 0.370. The maximum Gasteiger partial charge on any atom is 0.350 e. The van der Waals surface area contributed by atoms with Gasteiger partial charge in [-0.3, -0.25) is 0 Å². The summed E-state index contributed by atoms with van der Waals surface area (Å²) >= 11 is 1.21. The topological polar surface area (TPSA) is 91.2 Å². The highest BCUT2D eigenvalue weighted by molar-refractivity contribution is 7.21. The fourth-order valence-electron chi connectivity index (χ4n) is 1.39. The number of nitrogens with zero attached hydrogens (tertiary/aromatic N) is 1. The van der Waals surface area contributed by atoms with Crippen molar-refractivity contribution in [2.45, 2.75) is 6.92 Å². The fraction of sp³-hybridized carbons (Fsp3) is 0.200. The number of pyridine rings is 1. The molecule has 0 unspecified atom stereocenters. The molecular formula is C10H11N3O2S. The van der Waals surface area contributed by atoms with Crippen molar-refractivity contribution in [2.24, 2.45) is 0 Å². The van der Waals surface area contributed by atoms with Gasteiger partial charge in [0.1, 0.15) is 9.71 Å². The molecule has 2 aromatic rings. The van der Waals surface area contributed by atoms with Gasteiger partial charge in [-0.15, -0.1) is 11.3 Å². The van der Waals surface area contributed by atoms with Crippen LogP contribution in [-0.2, 0) is 4.74 Å². The molecule has 2 heterocycles. The van der Waals surface area contributed by atoms with Crippen molar-refractivity contribution in [2.75, 3.05) is 18.6 Å². The number of ether oxygens (including phenoxy) is 1. The summed E-state index contributed by atoms with van der Waals surface area (Å²) in [6.07, 6.45) is 0. The molecule has 0 aliphatic carbocycles. The van der Waals surface area contributed by atoms with Gasteiger partial charge in [0, 0.05) is 5.39 Å². The van der Waals surface area contributed by atoms with Gasteiger partial charge < -0.3 is 16.2 Å². The number of nitrogens with two attached hydrogens (primary N) is 2. The van der Waals surface area contributed by atoms with E-state index >= 15 is 0 Å². The minimum Gasteiger partial charge on any atom is -0.465 e. The SMILES string of the molecule is COC(=O)c1sc2nc(C)c(N)cc2c1N. The Morgan fingerprint density at radius 1 is 1.50 bits per heavy atom. The Balaban J connectivity index is 2.73. The summed E-state index contributed by atoms with van der Waals surface area (Å²) in [5.41, 5.74) is 13.3. The Kier molecular flexibility index (Phi) is 2.43. The predicted molar refractivity (Wildman–Crippen MR) is 64.5 cm³/mol. The van der Waals surface area contributed by atoms with Crippen LogP contribution in [0.2, 0.25) is 0 Å². The third kappa shape index (κ3) is 1.47. The summed E-state index contributed by atoms with van der Waals surface area (Å²) < 4.78 is 4.64. The molecule has 0 aliphatic rings. The van der Waals surface area contributed by atoms with Crippen molar-refractivity contribution < 1.29 is 9.53 Å². The maximum atomic E-state index is 11.4. The number of anilines is 2. The molecule has 84 valence electrons. The van der Waals surface area contributed by atoms with Gasteiger partial charge in [-0.25, -0.2) is 9.78 Å². The zero-order valence-electron chi connectivity index (χ0n) is 8.90. The molecule has 5 nitrogen and oxygen atoms in total. The summed E-state index contributed by atoms with van der Waals surface area (Å²) in [7, 11) is 1.32. The van der Waals surface area contributed by atoms with Crippen LogP contribution in [0.1, 0.15) is 15.4 Å². The van der Waals surface area contributed by atoms with E-state index in [0.717, 1.165) is 5.69 Å².